The topological polar surface area (TPSA) is 0 Å². The monoisotopic (exact) mass is 658 g/mol. The molecule has 1 aliphatic rings. The third-order valence-corrected chi connectivity index (χ3v) is 21.7. The minimum absolute atomic E-state index is 0.191. The summed E-state index contributed by atoms with van der Waals surface area (Å²) < 4.78 is 0. The molecule has 7 rings (SSSR count). The van der Waals surface area contributed by atoms with Crippen molar-refractivity contribution in [1.29, 1.82) is 0 Å². The Labute approximate surface area is 288 Å². The van der Waals surface area contributed by atoms with E-state index in [4.69, 9.17) is 0 Å². The first-order valence-corrected chi connectivity index (χ1v) is 20.7. The molecule has 0 N–H and O–H groups in total. The van der Waals surface area contributed by atoms with Crippen LogP contribution in [0.4, 0.5) is 0 Å². The fraction of sp³-hybridized carbons (Fsp3) is 0.130. The number of allylic oxidation sites excluding steroid dienone is 4. The molecule has 0 nitrogen and oxygen atoms in total. The van der Waals surface area contributed by atoms with E-state index < -0.39 is 14.5 Å². The van der Waals surface area contributed by atoms with Crippen molar-refractivity contribution in [3.63, 3.8) is 0 Å². The number of hydrogen-bond donors (Lipinski definition) is 0. The van der Waals surface area contributed by atoms with Crippen molar-refractivity contribution in [3.8, 4) is 0 Å². The highest BCUT2D eigenvalue weighted by Gasteiger charge is 2.71. The first-order valence-electron chi connectivity index (χ1n) is 17.0. The first kappa shape index (κ1) is 32.2. The normalized spacial score (nSPS) is 14.2. The third kappa shape index (κ3) is 5.15. The summed E-state index contributed by atoms with van der Waals surface area (Å²) in [6, 6.07) is 69.4. The molecule has 236 valence electrons. The van der Waals surface area contributed by atoms with Gasteiger partial charge >= 0.3 is 0 Å². The van der Waals surface area contributed by atoms with E-state index in [1.807, 2.05) is 0 Å². The minimum Gasteiger partial charge on any atom is -0.0620 e. The van der Waals surface area contributed by atoms with E-state index in [1.54, 1.807) is 0 Å². The van der Waals surface area contributed by atoms with Gasteiger partial charge in [-0.25, -0.2) is 0 Å². The van der Waals surface area contributed by atoms with Crippen molar-refractivity contribution in [2.75, 3.05) is 0 Å². The van der Waals surface area contributed by atoms with Crippen molar-refractivity contribution in [2.24, 2.45) is 5.92 Å². The summed E-state index contributed by atoms with van der Waals surface area (Å²) in [5.74, 6) is 0.230. The molecule has 0 aliphatic heterocycles. The zero-order chi connectivity index (χ0) is 33.1. The zero-order valence-electron chi connectivity index (χ0n) is 28.4. The number of benzene rings is 6. The lowest BCUT2D eigenvalue weighted by Gasteiger charge is -2.44. The number of rotatable bonds is 9. The van der Waals surface area contributed by atoms with Gasteiger partial charge in [-0.2, -0.15) is 0 Å². The predicted octanol–water partition coefficient (Wildman–Crippen LogP) is 9.60. The molecule has 0 spiro atoms. The zero-order valence-corrected chi connectivity index (χ0v) is 30.2. The van der Waals surface area contributed by atoms with Gasteiger partial charge in [-0.05, 0) is 112 Å². The van der Waals surface area contributed by atoms with Crippen molar-refractivity contribution in [2.45, 2.75) is 33.1 Å². The summed E-state index contributed by atoms with van der Waals surface area (Å²) in [6.45, 7) is 9.57. The maximum absolute atomic E-state index is 2.48. The largest absolute Gasteiger partial charge is 0.207 e. The maximum Gasteiger partial charge on any atom is 0.207 e. The van der Waals surface area contributed by atoms with Gasteiger partial charge in [0.15, 0.2) is 14.5 Å². The summed E-state index contributed by atoms with van der Waals surface area (Å²) in [4.78, 5) is 0. The summed E-state index contributed by atoms with van der Waals surface area (Å²) in [7, 11) is -4.95. The second-order valence-electron chi connectivity index (χ2n) is 13.0. The van der Waals surface area contributed by atoms with Crippen molar-refractivity contribution in [1.82, 2.24) is 0 Å². The van der Waals surface area contributed by atoms with Crippen LogP contribution in [0.1, 0.15) is 27.7 Å². The van der Waals surface area contributed by atoms with Crippen LogP contribution in [0.2, 0.25) is 0 Å². The van der Waals surface area contributed by atoms with Gasteiger partial charge in [-0.15, -0.1) is 0 Å². The molecule has 0 aromatic heterocycles. The second-order valence-corrected chi connectivity index (χ2v) is 20.5. The van der Waals surface area contributed by atoms with Gasteiger partial charge in [0.25, 0.3) is 0 Å². The lowest BCUT2D eigenvalue weighted by atomic mass is 9.99. The average molecular weight is 659 g/mol. The van der Waals surface area contributed by atoms with Gasteiger partial charge in [-0.3, -0.25) is 0 Å². The van der Waals surface area contributed by atoms with Crippen molar-refractivity contribution < 1.29 is 0 Å². The van der Waals surface area contributed by atoms with Crippen LogP contribution < -0.4 is 31.8 Å². The molecule has 0 unspecified atom stereocenters. The van der Waals surface area contributed by atoms with Gasteiger partial charge < -0.3 is 0 Å². The van der Waals surface area contributed by atoms with Gasteiger partial charge in [-0.1, -0.05) is 120 Å². The highest BCUT2D eigenvalue weighted by Crippen LogP contribution is 2.80. The molecule has 0 atom stereocenters. The summed E-state index contributed by atoms with van der Waals surface area (Å²) in [5, 5.41) is 8.79. The van der Waals surface area contributed by atoms with E-state index in [0.29, 0.717) is 0 Å². The average Bonchev–Trinajstić information content (AvgIpc) is 3.35. The summed E-state index contributed by atoms with van der Waals surface area (Å²) >= 11 is 0. The van der Waals surface area contributed by atoms with Crippen LogP contribution in [0.25, 0.3) is 0 Å². The predicted molar refractivity (Wildman–Crippen MR) is 214 cm³/mol. The molecular formula is C46H44P2+2. The van der Waals surface area contributed by atoms with Crippen molar-refractivity contribution in [3.05, 3.63) is 204 Å². The SMILES string of the molecule is CC1=C(C)C(C([P+](c2ccccc2)(c2ccccc2)c2ccccc2)[P+](c2ccccc2)(c2ccccc2)c2ccccc2)C(C)=C1C. The van der Waals surface area contributed by atoms with Gasteiger partial charge in [0.05, 0.1) is 5.92 Å². The second kappa shape index (κ2) is 13.6. The van der Waals surface area contributed by atoms with Gasteiger partial charge in [0, 0.05) is 0 Å². The van der Waals surface area contributed by atoms with E-state index >= 15 is 0 Å². The van der Waals surface area contributed by atoms with Gasteiger partial charge in [0.1, 0.15) is 31.8 Å². The molecule has 0 heterocycles. The molecule has 6 aromatic rings. The lowest BCUT2D eigenvalue weighted by molar-refractivity contribution is 0.784. The molecule has 0 saturated heterocycles. The van der Waals surface area contributed by atoms with Crippen molar-refractivity contribution >= 4 is 46.4 Å². The van der Waals surface area contributed by atoms with Crippen LogP contribution in [-0.2, 0) is 0 Å². The Bertz CT molecular complexity index is 1690. The maximum atomic E-state index is 2.43. The Kier molecular flexibility index (Phi) is 9.16. The Morgan fingerprint density at radius 1 is 0.312 bits per heavy atom. The molecule has 1 aliphatic carbocycles. The van der Waals surface area contributed by atoms with Crippen LogP contribution in [0.5, 0.6) is 0 Å². The Balaban J connectivity index is 1.80. The molecule has 0 bridgehead atoms. The quantitative estimate of drug-likeness (QED) is 0.136. The minimum atomic E-state index is -2.48. The molecular weight excluding hydrogens is 614 g/mol. The van der Waals surface area contributed by atoms with E-state index in [-0.39, 0.29) is 11.3 Å². The smallest absolute Gasteiger partial charge is 0.0620 e. The molecule has 0 saturated carbocycles. The molecule has 2 heteroatoms. The molecule has 6 aromatic carbocycles. The summed E-state index contributed by atoms with van der Waals surface area (Å²) in [6.07, 6.45) is 0. The van der Waals surface area contributed by atoms with E-state index in [9.17, 15) is 0 Å². The Morgan fingerprint density at radius 3 is 0.688 bits per heavy atom. The van der Waals surface area contributed by atoms with Crippen LogP contribution in [0, 0.1) is 5.92 Å². The number of hydrogen-bond acceptors (Lipinski definition) is 0. The van der Waals surface area contributed by atoms with Crippen LogP contribution in [0.15, 0.2) is 204 Å². The van der Waals surface area contributed by atoms with Crippen LogP contribution in [0.3, 0.4) is 0 Å². The van der Waals surface area contributed by atoms with E-state index in [2.05, 4.69) is 210 Å². The standard InChI is InChI=1S/C46H44P2/c1-35-36(2)38(4)45(37(35)3)46(47(39-23-11-5-12-24-39,40-25-13-6-14-26-40)41-27-15-7-16-28-41)48(42-29-17-8-18-30-42,43-31-19-9-20-32-43)44-33-21-10-22-34-44/h5-34,45-46H,1-4H3/q+2. The molecule has 0 fully saturated rings. The fourth-order valence-electron chi connectivity index (χ4n) is 8.33. The fourth-order valence-corrected chi connectivity index (χ4v) is 22.1. The first-order chi connectivity index (χ1) is 23.5. The van der Waals surface area contributed by atoms with Crippen LogP contribution >= 0.6 is 14.5 Å². The molecule has 0 amide bonds. The van der Waals surface area contributed by atoms with E-state index in [0.717, 1.165) is 0 Å². The molecule has 0 radical (unpaired) electrons. The lowest BCUT2D eigenvalue weighted by Crippen LogP contribution is -2.50. The van der Waals surface area contributed by atoms with E-state index in [1.165, 1.54) is 54.1 Å². The highest BCUT2D eigenvalue weighted by atomic mass is 31.2. The van der Waals surface area contributed by atoms with Gasteiger partial charge in [0.2, 0.25) is 5.40 Å². The summed E-state index contributed by atoms with van der Waals surface area (Å²) in [5.41, 5.74) is 5.91. The molecule has 48 heavy (non-hydrogen) atoms. The Morgan fingerprint density at radius 2 is 0.500 bits per heavy atom. The van der Waals surface area contributed by atoms with Crippen LogP contribution in [-0.4, -0.2) is 5.40 Å². The third-order valence-electron chi connectivity index (χ3n) is 10.8. The Hall–Kier alpha value is -4.34. The highest BCUT2D eigenvalue weighted by molar-refractivity contribution is 8.11.